The molecule has 5 nitrogen and oxygen atoms in total. The standard InChI is InChI=1S/C25H27F5N4OS/c26-17-4-6-19-22(16-36-23(19)14-17)34-11-3-10-33(12-13-34)9-2-1-8-31-24(35)32-18-5-7-21(27)20(15-18)25(28,29)30/h4-7,14-16H,1-3,8-13H2,(H2,31,32,35). The van der Waals surface area contributed by atoms with Gasteiger partial charge < -0.3 is 20.4 Å². The van der Waals surface area contributed by atoms with Crippen LogP contribution in [-0.4, -0.2) is 50.2 Å². The molecule has 1 aliphatic rings. The van der Waals surface area contributed by atoms with Gasteiger partial charge in [-0.25, -0.2) is 13.6 Å². The van der Waals surface area contributed by atoms with Crippen molar-refractivity contribution < 1.29 is 26.7 Å². The molecule has 0 spiro atoms. The maximum Gasteiger partial charge on any atom is 0.419 e. The van der Waals surface area contributed by atoms with E-state index < -0.39 is 23.6 Å². The number of amides is 2. The summed E-state index contributed by atoms with van der Waals surface area (Å²) in [5, 5.41) is 8.10. The van der Waals surface area contributed by atoms with E-state index in [4.69, 9.17) is 0 Å². The number of halogens is 5. The van der Waals surface area contributed by atoms with Crippen molar-refractivity contribution in [3.63, 3.8) is 0 Å². The second kappa shape index (κ2) is 11.4. The fourth-order valence-electron chi connectivity index (χ4n) is 4.33. The van der Waals surface area contributed by atoms with Gasteiger partial charge in [-0.1, -0.05) is 0 Å². The third-order valence-corrected chi connectivity index (χ3v) is 7.10. The van der Waals surface area contributed by atoms with Crippen LogP contribution in [0.15, 0.2) is 41.8 Å². The number of alkyl halides is 3. The van der Waals surface area contributed by atoms with Crippen LogP contribution < -0.4 is 15.5 Å². The largest absolute Gasteiger partial charge is 0.419 e. The lowest BCUT2D eigenvalue weighted by Crippen LogP contribution is -2.32. The van der Waals surface area contributed by atoms with Gasteiger partial charge in [0, 0.05) is 47.3 Å². The molecule has 11 heteroatoms. The molecule has 2 amide bonds. The van der Waals surface area contributed by atoms with E-state index in [2.05, 4.69) is 25.8 Å². The van der Waals surface area contributed by atoms with E-state index in [-0.39, 0.29) is 11.5 Å². The Kier molecular flexibility index (Phi) is 8.30. The van der Waals surface area contributed by atoms with E-state index in [0.717, 1.165) is 67.4 Å². The van der Waals surface area contributed by atoms with Crippen molar-refractivity contribution in [3.05, 3.63) is 59.0 Å². The lowest BCUT2D eigenvalue weighted by molar-refractivity contribution is -0.139. The van der Waals surface area contributed by atoms with Gasteiger partial charge in [0.2, 0.25) is 0 Å². The molecule has 0 aliphatic carbocycles. The van der Waals surface area contributed by atoms with Crippen LogP contribution in [0.5, 0.6) is 0 Å². The van der Waals surface area contributed by atoms with Gasteiger partial charge in [-0.2, -0.15) is 13.2 Å². The number of rotatable bonds is 7. The second-order valence-electron chi connectivity index (χ2n) is 8.72. The number of nitrogens with zero attached hydrogens (tertiary/aromatic N) is 2. The molecule has 0 atom stereocenters. The summed E-state index contributed by atoms with van der Waals surface area (Å²) in [6.07, 6.45) is -2.25. The van der Waals surface area contributed by atoms with Crippen molar-refractivity contribution in [2.75, 3.05) is 49.5 Å². The van der Waals surface area contributed by atoms with Gasteiger partial charge in [-0.05, 0) is 68.8 Å². The minimum absolute atomic E-state index is 0.126. The highest BCUT2D eigenvalue weighted by molar-refractivity contribution is 7.17. The number of carbonyl (C=O) groups excluding carboxylic acids is 1. The number of hydrogen-bond donors (Lipinski definition) is 2. The van der Waals surface area contributed by atoms with E-state index >= 15 is 0 Å². The molecule has 0 unspecified atom stereocenters. The Balaban J connectivity index is 1.17. The number of benzene rings is 2. The van der Waals surface area contributed by atoms with Gasteiger partial charge in [0.25, 0.3) is 0 Å². The van der Waals surface area contributed by atoms with Crippen LogP contribution in [0.3, 0.4) is 0 Å². The van der Waals surface area contributed by atoms with Crippen LogP contribution in [0, 0.1) is 11.6 Å². The Labute approximate surface area is 209 Å². The topological polar surface area (TPSA) is 47.6 Å². The Morgan fingerprint density at radius 1 is 1.00 bits per heavy atom. The first-order valence-electron chi connectivity index (χ1n) is 11.8. The third-order valence-electron chi connectivity index (χ3n) is 6.16. The molecule has 36 heavy (non-hydrogen) atoms. The number of fused-ring (bicyclic) bond motifs is 1. The quantitative estimate of drug-likeness (QED) is 0.280. The van der Waals surface area contributed by atoms with Crippen LogP contribution in [-0.2, 0) is 6.18 Å². The fraction of sp³-hybridized carbons (Fsp3) is 0.400. The summed E-state index contributed by atoms with van der Waals surface area (Å²) in [7, 11) is 0. The number of anilines is 2. The summed E-state index contributed by atoms with van der Waals surface area (Å²) in [6.45, 7) is 4.92. The predicted octanol–water partition coefficient (Wildman–Crippen LogP) is 6.31. The van der Waals surface area contributed by atoms with Gasteiger partial charge in [0.1, 0.15) is 11.6 Å². The average molecular weight is 527 g/mol. The van der Waals surface area contributed by atoms with Crippen LogP contribution in [0.4, 0.5) is 38.1 Å². The van der Waals surface area contributed by atoms with Gasteiger partial charge in [-0.15, -0.1) is 11.3 Å². The molecule has 3 aromatic rings. The van der Waals surface area contributed by atoms with E-state index in [1.807, 2.05) is 6.07 Å². The fourth-order valence-corrected chi connectivity index (χ4v) is 5.32. The van der Waals surface area contributed by atoms with Crippen LogP contribution >= 0.6 is 11.3 Å². The van der Waals surface area contributed by atoms with Gasteiger partial charge in [-0.3, -0.25) is 0 Å². The molecular formula is C25H27F5N4OS. The number of carbonyl (C=O) groups is 1. The molecule has 1 aliphatic heterocycles. The zero-order valence-corrected chi connectivity index (χ0v) is 20.3. The summed E-state index contributed by atoms with van der Waals surface area (Å²) in [6, 6.07) is 6.62. The summed E-state index contributed by atoms with van der Waals surface area (Å²) in [4.78, 5) is 16.7. The van der Waals surface area contributed by atoms with Crippen molar-refractivity contribution in [1.29, 1.82) is 0 Å². The van der Waals surface area contributed by atoms with Crippen molar-refractivity contribution in [1.82, 2.24) is 10.2 Å². The minimum Gasteiger partial charge on any atom is -0.369 e. The summed E-state index contributed by atoms with van der Waals surface area (Å²) < 4.78 is 66.3. The molecule has 0 bridgehead atoms. The lowest BCUT2D eigenvalue weighted by atomic mass is 10.2. The highest BCUT2D eigenvalue weighted by Gasteiger charge is 2.34. The Morgan fingerprint density at radius 3 is 2.64 bits per heavy atom. The van der Waals surface area contributed by atoms with E-state index in [0.29, 0.717) is 25.1 Å². The highest BCUT2D eigenvalue weighted by Crippen LogP contribution is 2.34. The molecule has 2 N–H and O–H groups in total. The predicted molar refractivity (Wildman–Crippen MR) is 133 cm³/mol. The van der Waals surface area contributed by atoms with Gasteiger partial charge in [0.15, 0.2) is 0 Å². The van der Waals surface area contributed by atoms with E-state index in [9.17, 15) is 26.7 Å². The van der Waals surface area contributed by atoms with Crippen molar-refractivity contribution in [2.45, 2.75) is 25.4 Å². The number of hydrogen-bond acceptors (Lipinski definition) is 4. The Morgan fingerprint density at radius 2 is 1.83 bits per heavy atom. The van der Waals surface area contributed by atoms with E-state index in [1.165, 1.54) is 6.07 Å². The van der Waals surface area contributed by atoms with Crippen LogP contribution in [0.25, 0.3) is 10.1 Å². The van der Waals surface area contributed by atoms with Crippen molar-refractivity contribution >= 4 is 38.8 Å². The van der Waals surface area contributed by atoms with Crippen LogP contribution in [0.1, 0.15) is 24.8 Å². The molecule has 0 radical (unpaired) electrons. The number of unbranched alkanes of at least 4 members (excludes halogenated alkanes) is 1. The first kappa shape index (κ1) is 26.2. The molecule has 1 saturated heterocycles. The highest BCUT2D eigenvalue weighted by atomic mass is 32.1. The summed E-state index contributed by atoms with van der Waals surface area (Å²) in [5.41, 5.74) is -0.396. The first-order valence-corrected chi connectivity index (χ1v) is 12.6. The Bertz CT molecular complexity index is 1200. The molecule has 1 fully saturated rings. The smallest absolute Gasteiger partial charge is 0.369 e. The molecule has 4 rings (SSSR count). The third kappa shape index (κ3) is 6.64. The SMILES string of the molecule is O=C(NCCCCN1CCCN(c2csc3cc(F)ccc23)CC1)Nc1ccc(F)c(C(F)(F)F)c1. The number of nitrogens with one attached hydrogen (secondary N) is 2. The average Bonchev–Trinajstić information content (AvgIpc) is 3.09. The normalized spacial score (nSPS) is 15.2. The van der Waals surface area contributed by atoms with Gasteiger partial charge in [0.05, 0.1) is 11.3 Å². The number of urea groups is 1. The molecule has 2 heterocycles. The zero-order valence-electron chi connectivity index (χ0n) is 19.5. The second-order valence-corrected chi connectivity index (χ2v) is 9.64. The molecule has 1 aromatic heterocycles. The lowest BCUT2D eigenvalue weighted by Gasteiger charge is -2.23. The molecule has 194 valence electrons. The van der Waals surface area contributed by atoms with Crippen molar-refractivity contribution in [2.24, 2.45) is 0 Å². The summed E-state index contributed by atoms with van der Waals surface area (Å²) >= 11 is 1.55. The van der Waals surface area contributed by atoms with Crippen molar-refractivity contribution in [3.8, 4) is 0 Å². The number of thiophene rings is 1. The van der Waals surface area contributed by atoms with Crippen LogP contribution in [0.2, 0.25) is 0 Å². The summed E-state index contributed by atoms with van der Waals surface area (Å²) in [5.74, 6) is -1.61. The monoisotopic (exact) mass is 526 g/mol. The van der Waals surface area contributed by atoms with E-state index in [1.54, 1.807) is 17.4 Å². The molecular weight excluding hydrogens is 499 g/mol. The minimum atomic E-state index is -4.83. The molecule has 0 saturated carbocycles. The molecule has 2 aromatic carbocycles. The maximum absolute atomic E-state index is 13.5. The zero-order chi connectivity index (χ0) is 25.7. The Hall–Kier alpha value is -2.92. The maximum atomic E-state index is 13.5. The first-order chi connectivity index (χ1) is 17.2. The van der Waals surface area contributed by atoms with Gasteiger partial charge >= 0.3 is 12.2 Å².